The molecule has 0 saturated carbocycles. The summed E-state index contributed by atoms with van der Waals surface area (Å²) in [5, 5.41) is 8.32. The summed E-state index contributed by atoms with van der Waals surface area (Å²) in [4.78, 5) is 0. The van der Waals surface area contributed by atoms with Gasteiger partial charge in [-0.3, -0.25) is 0 Å². The Balaban J connectivity index is 3.23. The Labute approximate surface area is 75.2 Å². The average molecular weight is 164 g/mol. The molecule has 0 atom stereocenters. The Hall–Kier alpha value is -0.920. The van der Waals surface area contributed by atoms with E-state index in [4.69, 9.17) is 5.11 Å². The van der Waals surface area contributed by atoms with E-state index in [0.29, 0.717) is 6.42 Å². The molecule has 0 heterocycles. The molecule has 0 saturated heterocycles. The highest BCUT2D eigenvalue weighted by Gasteiger charge is 1.79. The molecule has 0 rings (SSSR count). The maximum absolute atomic E-state index is 8.32. The number of hydrogen-bond acceptors (Lipinski definition) is 1. The minimum Gasteiger partial charge on any atom is -0.384 e. The van der Waals surface area contributed by atoms with Gasteiger partial charge in [0.2, 0.25) is 0 Å². The van der Waals surface area contributed by atoms with Crippen LogP contribution in [0.15, 0.2) is 0 Å². The van der Waals surface area contributed by atoms with Crippen molar-refractivity contribution in [2.75, 3.05) is 6.61 Å². The molecule has 0 aliphatic heterocycles. The van der Waals surface area contributed by atoms with E-state index in [2.05, 4.69) is 30.6 Å². The van der Waals surface area contributed by atoms with Crippen LogP contribution in [0.2, 0.25) is 0 Å². The van der Waals surface area contributed by atoms with Crippen molar-refractivity contribution < 1.29 is 5.11 Å². The van der Waals surface area contributed by atoms with Crippen LogP contribution >= 0.6 is 0 Å². The van der Waals surface area contributed by atoms with Crippen molar-refractivity contribution in [1.82, 2.24) is 0 Å². The van der Waals surface area contributed by atoms with E-state index in [9.17, 15) is 0 Å². The normalized spacial score (nSPS) is 7.83. The van der Waals surface area contributed by atoms with E-state index in [-0.39, 0.29) is 6.61 Å². The molecule has 0 radical (unpaired) electrons. The van der Waals surface area contributed by atoms with Crippen molar-refractivity contribution in [1.29, 1.82) is 0 Å². The molecule has 0 aromatic carbocycles. The van der Waals surface area contributed by atoms with Crippen LogP contribution in [0.1, 0.15) is 39.0 Å². The summed E-state index contributed by atoms with van der Waals surface area (Å²) < 4.78 is 0. The summed E-state index contributed by atoms with van der Waals surface area (Å²) in [6, 6.07) is 0. The number of aliphatic hydroxyl groups is 1. The van der Waals surface area contributed by atoms with E-state index in [1.807, 2.05) is 0 Å². The summed E-state index contributed by atoms with van der Waals surface area (Å²) in [7, 11) is 0. The standard InChI is InChI=1S/C11H16O/c1-2-3-4-5-6-7-8-9-10-11-12/h12H,2-5,8,11H2,1H3. The third kappa shape index (κ3) is 9.08. The van der Waals surface area contributed by atoms with Crippen LogP contribution in [0.4, 0.5) is 0 Å². The van der Waals surface area contributed by atoms with E-state index in [1.54, 1.807) is 0 Å². The lowest BCUT2D eigenvalue weighted by Crippen LogP contribution is -1.72. The number of rotatable bonds is 3. The van der Waals surface area contributed by atoms with Crippen LogP contribution in [0, 0.1) is 23.7 Å². The Bertz CT molecular complexity index is 197. The van der Waals surface area contributed by atoms with E-state index in [0.717, 1.165) is 6.42 Å². The minimum atomic E-state index is -0.0580. The zero-order valence-corrected chi connectivity index (χ0v) is 7.69. The molecule has 0 fully saturated rings. The molecular weight excluding hydrogens is 148 g/mol. The smallest absolute Gasteiger partial charge is 0.104 e. The van der Waals surface area contributed by atoms with Crippen LogP contribution in [0.3, 0.4) is 0 Å². The molecule has 1 heteroatoms. The molecular formula is C11H16O. The highest BCUT2D eigenvalue weighted by Crippen LogP contribution is 1.96. The van der Waals surface area contributed by atoms with Gasteiger partial charge in [-0.05, 0) is 6.42 Å². The van der Waals surface area contributed by atoms with Gasteiger partial charge in [-0.15, -0.1) is 5.92 Å². The zero-order valence-electron chi connectivity index (χ0n) is 7.69. The fourth-order valence-corrected chi connectivity index (χ4v) is 0.777. The quantitative estimate of drug-likeness (QED) is 0.499. The second kappa shape index (κ2) is 10.1. The molecule has 1 nitrogen and oxygen atoms in total. The van der Waals surface area contributed by atoms with Crippen molar-refractivity contribution in [3.8, 4) is 23.7 Å². The lowest BCUT2D eigenvalue weighted by molar-refractivity contribution is 0.350. The van der Waals surface area contributed by atoms with Gasteiger partial charge in [-0.1, -0.05) is 37.5 Å². The molecule has 0 aromatic rings. The fourth-order valence-electron chi connectivity index (χ4n) is 0.777. The van der Waals surface area contributed by atoms with Gasteiger partial charge >= 0.3 is 0 Å². The van der Waals surface area contributed by atoms with Gasteiger partial charge in [0.15, 0.2) is 0 Å². The van der Waals surface area contributed by atoms with Gasteiger partial charge in [-0.2, -0.15) is 0 Å². The van der Waals surface area contributed by atoms with Crippen LogP contribution in [0.25, 0.3) is 0 Å². The van der Waals surface area contributed by atoms with E-state index in [1.165, 1.54) is 19.3 Å². The fraction of sp³-hybridized carbons (Fsp3) is 0.636. The van der Waals surface area contributed by atoms with Crippen molar-refractivity contribution in [3.63, 3.8) is 0 Å². The lowest BCUT2D eigenvalue weighted by Gasteiger charge is -1.87. The maximum Gasteiger partial charge on any atom is 0.104 e. The van der Waals surface area contributed by atoms with Gasteiger partial charge in [0.05, 0.1) is 6.42 Å². The van der Waals surface area contributed by atoms with Crippen molar-refractivity contribution in [2.45, 2.75) is 39.0 Å². The van der Waals surface area contributed by atoms with Gasteiger partial charge in [0.1, 0.15) is 6.61 Å². The van der Waals surface area contributed by atoms with Crippen LogP contribution < -0.4 is 0 Å². The van der Waals surface area contributed by atoms with Gasteiger partial charge in [0.25, 0.3) is 0 Å². The number of unbranched alkanes of at least 4 members (excludes halogenated alkanes) is 3. The summed E-state index contributed by atoms with van der Waals surface area (Å²) in [5.41, 5.74) is 0. The first-order valence-electron chi connectivity index (χ1n) is 4.44. The first-order chi connectivity index (χ1) is 5.91. The predicted octanol–water partition coefficient (Wildman–Crippen LogP) is 1.96. The minimum absolute atomic E-state index is 0.0580. The average Bonchev–Trinajstić information content (AvgIpc) is 2.10. The SMILES string of the molecule is CCCCCC#CCC#CCO. The van der Waals surface area contributed by atoms with Gasteiger partial charge < -0.3 is 5.11 Å². The second-order valence-corrected chi connectivity index (χ2v) is 2.50. The zero-order chi connectivity index (χ0) is 9.07. The monoisotopic (exact) mass is 164 g/mol. The topological polar surface area (TPSA) is 20.2 Å². The molecule has 12 heavy (non-hydrogen) atoms. The molecule has 0 bridgehead atoms. The highest BCUT2D eigenvalue weighted by molar-refractivity contribution is 5.11. The molecule has 0 aliphatic rings. The largest absolute Gasteiger partial charge is 0.384 e. The molecule has 0 aliphatic carbocycles. The summed E-state index contributed by atoms with van der Waals surface area (Å²) >= 11 is 0. The van der Waals surface area contributed by atoms with Crippen molar-refractivity contribution >= 4 is 0 Å². The van der Waals surface area contributed by atoms with Crippen LogP contribution in [-0.2, 0) is 0 Å². The van der Waals surface area contributed by atoms with Crippen LogP contribution in [-0.4, -0.2) is 11.7 Å². The first kappa shape index (κ1) is 11.1. The Morgan fingerprint density at radius 1 is 1.00 bits per heavy atom. The van der Waals surface area contributed by atoms with Gasteiger partial charge in [0, 0.05) is 6.42 Å². The lowest BCUT2D eigenvalue weighted by atomic mass is 10.2. The molecule has 66 valence electrons. The maximum atomic E-state index is 8.32. The van der Waals surface area contributed by atoms with Gasteiger partial charge in [-0.25, -0.2) is 0 Å². The Kier molecular flexibility index (Phi) is 9.31. The predicted molar refractivity (Wildman–Crippen MR) is 51.4 cm³/mol. The highest BCUT2D eigenvalue weighted by atomic mass is 16.2. The van der Waals surface area contributed by atoms with Crippen molar-refractivity contribution in [2.24, 2.45) is 0 Å². The third-order valence-electron chi connectivity index (χ3n) is 1.41. The molecule has 1 N–H and O–H groups in total. The Morgan fingerprint density at radius 2 is 1.75 bits per heavy atom. The number of hydrogen-bond donors (Lipinski definition) is 1. The summed E-state index contributed by atoms with van der Waals surface area (Å²) in [6.45, 7) is 2.12. The number of aliphatic hydroxyl groups excluding tert-OH is 1. The Morgan fingerprint density at radius 3 is 2.42 bits per heavy atom. The summed E-state index contributed by atoms with van der Waals surface area (Å²) in [6.07, 6.45) is 5.27. The van der Waals surface area contributed by atoms with E-state index < -0.39 is 0 Å². The first-order valence-corrected chi connectivity index (χ1v) is 4.44. The second-order valence-electron chi connectivity index (χ2n) is 2.50. The molecule has 0 unspecified atom stereocenters. The van der Waals surface area contributed by atoms with E-state index >= 15 is 0 Å². The third-order valence-corrected chi connectivity index (χ3v) is 1.41. The molecule has 0 amide bonds. The van der Waals surface area contributed by atoms with Crippen LogP contribution in [0.5, 0.6) is 0 Å². The van der Waals surface area contributed by atoms with Crippen molar-refractivity contribution in [3.05, 3.63) is 0 Å². The molecule has 0 aromatic heterocycles. The molecule has 0 spiro atoms. The summed E-state index contributed by atoms with van der Waals surface area (Å²) in [5.74, 6) is 11.3.